The average molecular weight is 235 g/mol. The lowest BCUT2D eigenvalue weighted by atomic mass is 9.82. The molecule has 0 bridgehead atoms. The van der Waals surface area contributed by atoms with Crippen molar-refractivity contribution >= 4 is 5.69 Å². The van der Waals surface area contributed by atoms with E-state index in [1.165, 1.54) is 20.8 Å². The Kier molecular flexibility index (Phi) is 2.92. The van der Waals surface area contributed by atoms with Crippen LogP contribution < -0.4 is 5.73 Å². The highest BCUT2D eigenvalue weighted by Gasteiger charge is 2.38. The van der Waals surface area contributed by atoms with Crippen LogP contribution in [0.25, 0.3) is 0 Å². The number of rotatable bonds is 0. The highest BCUT2D eigenvalue weighted by molar-refractivity contribution is 5.50. The first-order valence-corrected chi connectivity index (χ1v) is 4.71. The topological polar surface area (TPSA) is 26.0 Å². The van der Waals surface area contributed by atoms with Gasteiger partial charge >= 0.3 is 6.18 Å². The third-order valence-electron chi connectivity index (χ3n) is 2.23. The minimum atomic E-state index is -4.57. The number of benzene rings is 1. The minimum Gasteiger partial charge on any atom is -0.396 e. The molecule has 0 saturated heterocycles. The smallest absolute Gasteiger partial charge is 0.396 e. The summed E-state index contributed by atoms with van der Waals surface area (Å²) in [7, 11) is 0. The normalized spacial score (nSPS) is 12.9. The molecule has 0 amide bonds. The zero-order chi connectivity index (χ0) is 12.7. The SMILES string of the molecule is CC(C)(C)c1c(C(F)(F)F)ccc(N)c1F. The summed E-state index contributed by atoms with van der Waals surface area (Å²) < 4.78 is 51.7. The number of hydrogen-bond donors (Lipinski definition) is 1. The molecule has 1 nitrogen and oxygen atoms in total. The van der Waals surface area contributed by atoms with E-state index in [9.17, 15) is 17.6 Å². The van der Waals surface area contributed by atoms with E-state index in [1.807, 2.05) is 0 Å². The molecule has 0 aliphatic rings. The molecule has 0 heterocycles. The molecule has 2 N–H and O–H groups in total. The van der Waals surface area contributed by atoms with Crippen molar-refractivity contribution in [1.29, 1.82) is 0 Å². The molecule has 0 saturated carbocycles. The van der Waals surface area contributed by atoms with Gasteiger partial charge in [-0.05, 0) is 17.5 Å². The Labute approximate surface area is 91.3 Å². The van der Waals surface area contributed by atoms with Gasteiger partial charge in [-0.25, -0.2) is 4.39 Å². The number of alkyl halides is 3. The van der Waals surface area contributed by atoms with Crippen LogP contribution in [0.4, 0.5) is 23.2 Å². The van der Waals surface area contributed by atoms with Crippen LogP contribution in [0.3, 0.4) is 0 Å². The monoisotopic (exact) mass is 235 g/mol. The van der Waals surface area contributed by atoms with Crippen LogP contribution >= 0.6 is 0 Å². The van der Waals surface area contributed by atoms with Crippen LogP contribution in [0.1, 0.15) is 31.9 Å². The Morgan fingerprint density at radius 3 is 1.94 bits per heavy atom. The van der Waals surface area contributed by atoms with Crippen LogP contribution in [0, 0.1) is 5.82 Å². The fourth-order valence-corrected chi connectivity index (χ4v) is 1.56. The van der Waals surface area contributed by atoms with Gasteiger partial charge in [0.25, 0.3) is 0 Å². The van der Waals surface area contributed by atoms with Gasteiger partial charge in [0.2, 0.25) is 0 Å². The first-order valence-electron chi connectivity index (χ1n) is 4.71. The summed E-state index contributed by atoms with van der Waals surface area (Å²) in [5, 5.41) is 0. The van der Waals surface area contributed by atoms with E-state index in [-0.39, 0.29) is 11.3 Å². The molecule has 0 radical (unpaired) electrons. The molecule has 0 atom stereocenters. The average Bonchev–Trinajstić information content (AvgIpc) is 2.05. The molecule has 16 heavy (non-hydrogen) atoms. The number of anilines is 1. The summed E-state index contributed by atoms with van der Waals surface area (Å²) in [6.07, 6.45) is -4.57. The Hall–Kier alpha value is -1.26. The second-order valence-electron chi connectivity index (χ2n) is 4.64. The zero-order valence-corrected chi connectivity index (χ0v) is 9.24. The zero-order valence-electron chi connectivity index (χ0n) is 9.24. The van der Waals surface area contributed by atoms with Gasteiger partial charge in [-0.1, -0.05) is 20.8 Å². The molecule has 1 aromatic rings. The molecule has 0 unspecified atom stereocenters. The van der Waals surface area contributed by atoms with Crippen molar-refractivity contribution in [1.82, 2.24) is 0 Å². The van der Waals surface area contributed by atoms with E-state index in [0.717, 1.165) is 12.1 Å². The van der Waals surface area contributed by atoms with Crippen molar-refractivity contribution in [2.75, 3.05) is 5.73 Å². The third kappa shape index (κ3) is 2.28. The molecule has 0 aliphatic heterocycles. The predicted molar refractivity (Wildman–Crippen MR) is 54.5 cm³/mol. The van der Waals surface area contributed by atoms with Gasteiger partial charge in [0.15, 0.2) is 0 Å². The largest absolute Gasteiger partial charge is 0.416 e. The van der Waals surface area contributed by atoms with Crippen LogP contribution in [-0.4, -0.2) is 0 Å². The van der Waals surface area contributed by atoms with Crippen LogP contribution in [-0.2, 0) is 11.6 Å². The van der Waals surface area contributed by atoms with Crippen LogP contribution in [0.15, 0.2) is 12.1 Å². The second-order valence-corrected chi connectivity index (χ2v) is 4.64. The second kappa shape index (κ2) is 3.64. The summed E-state index contributed by atoms with van der Waals surface area (Å²) in [6, 6.07) is 1.76. The molecule has 0 aromatic heterocycles. The lowest BCUT2D eigenvalue weighted by Gasteiger charge is -2.25. The molecular weight excluding hydrogens is 222 g/mol. The third-order valence-corrected chi connectivity index (χ3v) is 2.23. The number of hydrogen-bond acceptors (Lipinski definition) is 1. The summed E-state index contributed by atoms with van der Waals surface area (Å²) in [5.41, 5.74) is 2.71. The predicted octanol–water partition coefficient (Wildman–Crippen LogP) is 3.72. The van der Waals surface area contributed by atoms with E-state index in [1.54, 1.807) is 0 Å². The standard InChI is InChI=1S/C11H13F4N/c1-10(2,3)8-6(11(13,14)15)4-5-7(16)9(8)12/h4-5H,16H2,1-3H3. The maximum absolute atomic E-state index is 13.7. The molecule has 0 fully saturated rings. The van der Waals surface area contributed by atoms with Gasteiger partial charge in [0.05, 0.1) is 11.3 Å². The Morgan fingerprint density at radius 1 is 1.06 bits per heavy atom. The van der Waals surface area contributed by atoms with E-state index >= 15 is 0 Å². The highest BCUT2D eigenvalue weighted by atomic mass is 19.4. The van der Waals surface area contributed by atoms with Gasteiger partial charge < -0.3 is 5.73 Å². The Balaban J connectivity index is 3.59. The number of nitrogens with two attached hydrogens (primary N) is 1. The van der Waals surface area contributed by atoms with Crippen LogP contribution in [0.5, 0.6) is 0 Å². The maximum atomic E-state index is 13.7. The van der Waals surface area contributed by atoms with Crippen molar-refractivity contribution in [2.45, 2.75) is 32.4 Å². The van der Waals surface area contributed by atoms with E-state index in [0.29, 0.717) is 0 Å². The maximum Gasteiger partial charge on any atom is 0.416 e. The fourth-order valence-electron chi connectivity index (χ4n) is 1.56. The first-order chi connectivity index (χ1) is 7.05. The summed E-state index contributed by atoms with van der Waals surface area (Å²) in [6.45, 7) is 4.54. The summed E-state index contributed by atoms with van der Waals surface area (Å²) in [4.78, 5) is 0. The number of nitrogen functional groups attached to an aromatic ring is 1. The van der Waals surface area contributed by atoms with E-state index in [2.05, 4.69) is 0 Å². The summed E-state index contributed by atoms with van der Waals surface area (Å²) in [5.74, 6) is -0.984. The molecule has 1 aromatic carbocycles. The van der Waals surface area contributed by atoms with E-state index in [4.69, 9.17) is 5.73 Å². The molecule has 90 valence electrons. The van der Waals surface area contributed by atoms with Gasteiger partial charge in [-0.2, -0.15) is 13.2 Å². The van der Waals surface area contributed by atoms with E-state index < -0.39 is 23.0 Å². The van der Waals surface area contributed by atoms with Crippen molar-refractivity contribution in [3.05, 3.63) is 29.1 Å². The van der Waals surface area contributed by atoms with Gasteiger partial charge in [-0.3, -0.25) is 0 Å². The highest BCUT2D eigenvalue weighted by Crippen LogP contribution is 2.40. The quantitative estimate of drug-likeness (QED) is 0.538. The molecule has 5 heteroatoms. The van der Waals surface area contributed by atoms with Gasteiger partial charge in [0, 0.05) is 5.56 Å². The lowest BCUT2D eigenvalue weighted by Crippen LogP contribution is -2.22. The van der Waals surface area contributed by atoms with Gasteiger partial charge in [-0.15, -0.1) is 0 Å². The first kappa shape index (κ1) is 12.8. The minimum absolute atomic E-state index is 0.266. The molecular formula is C11H13F4N. The fraction of sp³-hybridized carbons (Fsp3) is 0.455. The van der Waals surface area contributed by atoms with Crippen molar-refractivity contribution in [3.8, 4) is 0 Å². The summed E-state index contributed by atoms with van der Waals surface area (Å²) >= 11 is 0. The number of halogens is 4. The van der Waals surface area contributed by atoms with Crippen molar-refractivity contribution in [3.63, 3.8) is 0 Å². The molecule has 0 spiro atoms. The lowest BCUT2D eigenvalue weighted by molar-refractivity contribution is -0.138. The van der Waals surface area contributed by atoms with Crippen molar-refractivity contribution < 1.29 is 17.6 Å². The Morgan fingerprint density at radius 2 is 1.56 bits per heavy atom. The molecule has 0 aliphatic carbocycles. The Bertz CT molecular complexity index is 402. The van der Waals surface area contributed by atoms with Gasteiger partial charge in [0.1, 0.15) is 5.82 Å². The molecule has 1 rings (SSSR count). The van der Waals surface area contributed by atoms with Crippen LogP contribution in [0.2, 0.25) is 0 Å². The van der Waals surface area contributed by atoms with Crippen molar-refractivity contribution in [2.24, 2.45) is 0 Å².